The molecule has 184 valence electrons. The van der Waals surface area contributed by atoms with Crippen LogP contribution in [0.15, 0.2) is 12.5 Å². The lowest BCUT2D eigenvalue weighted by Crippen LogP contribution is -2.59. The molecule has 0 aliphatic carbocycles. The first-order chi connectivity index (χ1) is 15.5. The highest BCUT2D eigenvalue weighted by atomic mass is 32.1. The van der Waals surface area contributed by atoms with Crippen LogP contribution in [0.2, 0.25) is 0 Å². The lowest BCUT2D eigenvalue weighted by atomic mass is 9.98. The van der Waals surface area contributed by atoms with Gasteiger partial charge in [0.15, 0.2) is 0 Å². The summed E-state index contributed by atoms with van der Waals surface area (Å²) >= 11 is 3.91. The number of nitrogens with one attached hydrogen (secondary N) is 4. The summed E-state index contributed by atoms with van der Waals surface area (Å²) in [4.78, 5) is 67.6. The van der Waals surface area contributed by atoms with Gasteiger partial charge in [0.05, 0.1) is 18.8 Å². The number of aromatic nitrogens is 2. The molecule has 33 heavy (non-hydrogen) atoms. The number of amides is 4. The van der Waals surface area contributed by atoms with E-state index in [4.69, 9.17) is 11.5 Å². The highest BCUT2D eigenvalue weighted by Crippen LogP contribution is 2.09. The number of carbonyl (C=O) groups is 5. The van der Waals surface area contributed by atoms with Crippen molar-refractivity contribution in [1.29, 1.82) is 0 Å². The van der Waals surface area contributed by atoms with Crippen LogP contribution in [0, 0.1) is 5.92 Å². The lowest BCUT2D eigenvalue weighted by molar-refractivity contribution is -0.144. The van der Waals surface area contributed by atoms with Crippen molar-refractivity contribution < 1.29 is 29.1 Å². The van der Waals surface area contributed by atoms with Crippen LogP contribution in [0.25, 0.3) is 0 Å². The fraction of sp³-hybridized carbons (Fsp3) is 0.579. The van der Waals surface area contributed by atoms with Crippen LogP contribution in [-0.2, 0) is 30.4 Å². The molecule has 0 saturated carbocycles. The zero-order chi connectivity index (χ0) is 25.1. The maximum absolute atomic E-state index is 12.9. The highest BCUT2D eigenvalue weighted by Gasteiger charge is 2.32. The average Bonchev–Trinajstić information content (AvgIpc) is 3.27. The summed E-state index contributed by atoms with van der Waals surface area (Å²) in [5.74, 6) is -4.84. The SMILES string of the molecule is CCC(C)C(NC(=O)C(Cc1cnc[nH]1)NC(=O)C(CC(N)=O)NC(=O)C(N)CS)C(=O)O. The van der Waals surface area contributed by atoms with Gasteiger partial charge in [-0.2, -0.15) is 12.6 Å². The molecule has 0 aliphatic rings. The summed E-state index contributed by atoms with van der Waals surface area (Å²) < 4.78 is 0. The number of hydrogen-bond donors (Lipinski definition) is 8. The van der Waals surface area contributed by atoms with E-state index in [9.17, 15) is 29.1 Å². The molecule has 5 unspecified atom stereocenters. The lowest BCUT2D eigenvalue weighted by Gasteiger charge is -2.26. The van der Waals surface area contributed by atoms with Crippen LogP contribution in [0.5, 0.6) is 0 Å². The first-order valence-corrected chi connectivity index (χ1v) is 10.9. The number of aliphatic carboxylic acids is 1. The van der Waals surface area contributed by atoms with Gasteiger partial charge in [0, 0.05) is 24.1 Å². The van der Waals surface area contributed by atoms with Crippen LogP contribution in [0.4, 0.5) is 0 Å². The number of H-pyrrole nitrogens is 1. The van der Waals surface area contributed by atoms with Gasteiger partial charge in [0.25, 0.3) is 0 Å². The molecule has 4 amide bonds. The fourth-order valence-corrected chi connectivity index (χ4v) is 2.97. The Morgan fingerprint density at radius 3 is 2.21 bits per heavy atom. The molecule has 13 nitrogen and oxygen atoms in total. The number of primary amides is 1. The Bertz CT molecular complexity index is 835. The minimum Gasteiger partial charge on any atom is -0.480 e. The van der Waals surface area contributed by atoms with E-state index >= 15 is 0 Å². The molecule has 9 N–H and O–H groups in total. The van der Waals surface area contributed by atoms with Crippen LogP contribution in [0.3, 0.4) is 0 Å². The molecule has 0 saturated heterocycles. The normalized spacial score (nSPS) is 15.4. The second-order valence-electron chi connectivity index (χ2n) is 7.57. The van der Waals surface area contributed by atoms with E-state index in [1.807, 2.05) is 0 Å². The van der Waals surface area contributed by atoms with Gasteiger partial charge in [0.1, 0.15) is 18.1 Å². The maximum atomic E-state index is 12.9. The third-order valence-corrected chi connectivity index (χ3v) is 5.35. The molecule has 0 spiro atoms. The minimum atomic E-state index is -1.40. The van der Waals surface area contributed by atoms with Crippen molar-refractivity contribution in [3.63, 3.8) is 0 Å². The van der Waals surface area contributed by atoms with Crippen molar-refractivity contribution in [2.24, 2.45) is 17.4 Å². The number of nitrogens with two attached hydrogens (primary N) is 2. The van der Waals surface area contributed by atoms with Gasteiger partial charge in [-0.05, 0) is 5.92 Å². The molecule has 0 aromatic carbocycles. The average molecular weight is 486 g/mol. The van der Waals surface area contributed by atoms with Gasteiger partial charge in [-0.15, -0.1) is 0 Å². The van der Waals surface area contributed by atoms with Gasteiger partial charge < -0.3 is 37.5 Å². The van der Waals surface area contributed by atoms with Gasteiger partial charge >= 0.3 is 5.97 Å². The number of carboxylic acids is 1. The van der Waals surface area contributed by atoms with Crippen LogP contribution in [-0.4, -0.2) is 74.6 Å². The Morgan fingerprint density at radius 1 is 1.12 bits per heavy atom. The first kappa shape index (κ1) is 27.9. The third-order valence-electron chi connectivity index (χ3n) is 4.96. The maximum Gasteiger partial charge on any atom is 0.326 e. The highest BCUT2D eigenvalue weighted by molar-refractivity contribution is 7.80. The second-order valence-corrected chi connectivity index (χ2v) is 7.94. The van der Waals surface area contributed by atoms with E-state index < -0.39 is 60.2 Å². The number of hydrogen-bond acceptors (Lipinski definition) is 8. The van der Waals surface area contributed by atoms with Gasteiger partial charge in [0.2, 0.25) is 23.6 Å². The molecule has 1 aromatic heterocycles. The monoisotopic (exact) mass is 485 g/mol. The molecule has 0 aliphatic heterocycles. The zero-order valence-electron chi connectivity index (χ0n) is 18.4. The number of rotatable bonds is 14. The summed E-state index contributed by atoms with van der Waals surface area (Å²) in [6.45, 7) is 3.45. The number of nitrogens with zero attached hydrogens (tertiary/aromatic N) is 1. The summed E-state index contributed by atoms with van der Waals surface area (Å²) in [5.41, 5.74) is 11.3. The standard InChI is InChI=1S/C19H31N7O6S/c1-3-9(2)15(19(31)32)26-18(30)12(4-10-6-22-8-23-10)25-17(29)13(5-14(21)27)24-16(28)11(20)7-33/h6,8-9,11-13,15,33H,3-5,7,20H2,1-2H3,(H2,21,27)(H,22,23)(H,24,28)(H,25,29)(H,26,30)(H,31,32). The van der Waals surface area contributed by atoms with Crippen LogP contribution in [0.1, 0.15) is 32.4 Å². The Hall–Kier alpha value is -3.13. The van der Waals surface area contributed by atoms with Crippen molar-refractivity contribution in [1.82, 2.24) is 25.9 Å². The van der Waals surface area contributed by atoms with Gasteiger partial charge in [-0.1, -0.05) is 20.3 Å². The van der Waals surface area contributed by atoms with E-state index in [0.717, 1.165) is 0 Å². The molecular weight excluding hydrogens is 454 g/mol. The van der Waals surface area contributed by atoms with E-state index in [1.54, 1.807) is 13.8 Å². The Kier molecular flexibility index (Phi) is 11.4. The fourth-order valence-electron chi connectivity index (χ4n) is 2.81. The molecule has 0 fully saturated rings. The molecule has 5 atom stereocenters. The number of thiol groups is 1. The van der Waals surface area contributed by atoms with Gasteiger partial charge in [-0.3, -0.25) is 19.2 Å². The van der Waals surface area contributed by atoms with Crippen LogP contribution >= 0.6 is 12.6 Å². The number of carboxylic acid groups (broad SMARTS) is 1. The number of carbonyl (C=O) groups excluding carboxylic acids is 4. The van der Waals surface area contributed by atoms with E-state index in [2.05, 4.69) is 38.5 Å². The molecule has 1 rings (SSSR count). The topological polar surface area (TPSA) is 222 Å². The van der Waals surface area contributed by atoms with Crippen molar-refractivity contribution in [3.05, 3.63) is 18.2 Å². The predicted molar refractivity (Wildman–Crippen MR) is 121 cm³/mol. The molecule has 0 radical (unpaired) electrons. The zero-order valence-corrected chi connectivity index (χ0v) is 19.3. The van der Waals surface area contributed by atoms with E-state index in [0.29, 0.717) is 12.1 Å². The number of aromatic amines is 1. The Balaban J connectivity index is 3.09. The Labute approximate surface area is 196 Å². The van der Waals surface area contributed by atoms with Gasteiger partial charge in [-0.25, -0.2) is 9.78 Å². The Morgan fingerprint density at radius 2 is 1.73 bits per heavy atom. The molecule has 0 bridgehead atoms. The molecule has 1 heterocycles. The third kappa shape index (κ3) is 9.10. The molecular formula is C19H31N7O6S. The van der Waals surface area contributed by atoms with Crippen molar-refractivity contribution in [3.8, 4) is 0 Å². The largest absolute Gasteiger partial charge is 0.480 e. The second kappa shape index (κ2) is 13.4. The van der Waals surface area contributed by atoms with Crippen LogP contribution < -0.4 is 27.4 Å². The predicted octanol–water partition coefficient (Wildman–Crippen LogP) is -2.33. The van der Waals surface area contributed by atoms with Crippen molar-refractivity contribution >= 4 is 42.2 Å². The minimum absolute atomic E-state index is 0.00616. The molecule has 14 heteroatoms. The summed E-state index contributed by atoms with van der Waals surface area (Å²) in [5, 5.41) is 16.7. The van der Waals surface area contributed by atoms with E-state index in [1.165, 1.54) is 12.5 Å². The quantitative estimate of drug-likeness (QED) is 0.133. The first-order valence-electron chi connectivity index (χ1n) is 10.3. The smallest absolute Gasteiger partial charge is 0.326 e. The summed E-state index contributed by atoms with van der Waals surface area (Å²) in [7, 11) is 0. The molecule has 1 aromatic rings. The summed E-state index contributed by atoms with van der Waals surface area (Å²) in [6.07, 6.45) is 2.70. The summed E-state index contributed by atoms with van der Waals surface area (Å²) in [6, 6.07) is -4.86. The van der Waals surface area contributed by atoms with Crippen molar-refractivity contribution in [2.45, 2.75) is 57.3 Å². The number of imidazole rings is 1. The van der Waals surface area contributed by atoms with E-state index in [-0.39, 0.29) is 18.1 Å². The van der Waals surface area contributed by atoms with Crippen molar-refractivity contribution in [2.75, 3.05) is 5.75 Å².